The van der Waals surface area contributed by atoms with Gasteiger partial charge in [0.1, 0.15) is 5.69 Å². The highest BCUT2D eigenvalue weighted by Crippen LogP contribution is 2.39. The molecule has 0 saturated carbocycles. The predicted octanol–water partition coefficient (Wildman–Crippen LogP) is 3.30. The van der Waals surface area contributed by atoms with Gasteiger partial charge in [0.15, 0.2) is 10.7 Å². The molecule has 23 heavy (non-hydrogen) atoms. The number of nitrogens with zero attached hydrogens (tertiary/aromatic N) is 2. The van der Waals surface area contributed by atoms with E-state index in [0.717, 1.165) is 28.8 Å². The van der Waals surface area contributed by atoms with Crippen molar-refractivity contribution in [1.82, 2.24) is 5.16 Å². The molecule has 0 N–H and O–H groups in total. The molecular weight excluding hydrogens is 312 g/mol. The van der Waals surface area contributed by atoms with Crippen molar-refractivity contribution in [2.75, 3.05) is 10.8 Å². The second kappa shape index (κ2) is 5.37. The number of benzene rings is 1. The molecule has 0 radical (unpaired) electrons. The predicted molar refractivity (Wildman–Crippen MR) is 89.3 cm³/mol. The fourth-order valence-corrected chi connectivity index (χ4v) is 5.39. The van der Waals surface area contributed by atoms with Crippen molar-refractivity contribution >= 4 is 15.7 Å². The number of aryl methyl sites for hydroxylation is 4. The van der Waals surface area contributed by atoms with Crippen LogP contribution in [0.25, 0.3) is 0 Å². The van der Waals surface area contributed by atoms with Crippen molar-refractivity contribution in [1.29, 1.82) is 0 Å². The van der Waals surface area contributed by atoms with Crippen molar-refractivity contribution in [3.63, 3.8) is 0 Å². The number of hydrogen-bond acceptors (Lipinski definition) is 4. The maximum atomic E-state index is 13.3. The summed E-state index contributed by atoms with van der Waals surface area (Å²) >= 11 is 0. The molecule has 0 amide bonds. The molecule has 3 rings (SSSR count). The second-order valence-electron chi connectivity index (χ2n) is 6.53. The fraction of sp³-hybridized carbons (Fsp3) is 0.471. The smallest absolute Gasteiger partial charge is 0.269 e. The van der Waals surface area contributed by atoms with Gasteiger partial charge in [0, 0.05) is 6.54 Å². The Balaban J connectivity index is 2.25. The zero-order chi connectivity index (χ0) is 16.9. The molecule has 0 aliphatic carbocycles. The average Bonchev–Trinajstić information content (AvgIpc) is 2.82. The molecule has 1 aromatic heterocycles. The first kappa shape index (κ1) is 16.1. The third-order valence-electron chi connectivity index (χ3n) is 4.51. The molecule has 0 bridgehead atoms. The summed E-state index contributed by atoms with van der Waals surface area (Å²) in [5.41, 5.74) is 4.47. The molecule has 5 nitrogen and oxygen atoms in total. The normalized spacial score (nSPS) is 18.1. The standard InChI is InChI=1S/C17H22N2O3S/c1-10-8-15-11(2)6-7-12(3)16(15)19(9-10)23(20,21)17-13(4)18-22-14(17)5/h6-7,10H,8-9H2,1-5H3. The summed E-state index contributed by atoms with van der Waals surface area (Å²) in [6, 6.07) is 4.05. The van der Waals surface area contributed by atoms with Gasteiger partial charge in [-0.1, -0.05) is 24.2 Å². The highest BCUT2D eigenvalue weighted by atomic mass is 32.2. The van der Waals surface area contributed by atoms with Gasteiger partial charge >= 0.3 is 0 Å². The Kier molecular flexibility index (Phi) is 3.75. The molecule has 1 aliphatic heterocycles. The lowest BCUT2D eigenvalue weighted by Crippen LogP contribution is -2.40. The number of anilines is 1. The van der Waals surface area contributed by atoms with Crippen LogP contribution in [0.4, 0.5) is 5.69 Å². The molecule has 1 aromatic carbocycles. The van der Waals surface area contributed by atoms with E-state index in [1.54, 1.807) is 18.2 Å². The molecule has 1 unspecified atom stereocenters. The van der Waals surface area contributed by atoms with E-state index in [0.29, 0.717) is 18.0 Å². The quantitative estimate of drug-likeness (QED) is 0.845. The van der Waals surface area contributed by atoms with Crippen LogP contribution < -0.4 is 4.31 Å². The summed E-state index contributed by atoms with van der Waals surface area (Å²) in [4.78, 5) is 0.193. The third kappa shape index (κ3) is 2.45. The van der Waals surface area contributed by atoms with Gasteiger partial charge in [0.05, 0.1) is 5.69 Å². The van der Waals surface area contributed by atoms with Crippen molar-refractivity contribution in [2.45, 2.75) is 45.9 Å². The van der Waals surface area contributed by atoms with E-state index in [2.05, 4.69) is 18.1 Å². The lowest BCUT2D eigenvalue weighted by Gasteiger charge is -2.36. The molecule has 0 spiro atoms. The largest absolute Gasteiger partial charge is 0.360 e. The number of rotatable bonds is 2. The lowest BCUT2D eigenvalue weighted by atomic mass is 9.90. The second-order valence-corrected chi connectivity index (χ2v) is 8.32. The molecule has 1 atom stereocenters. The van der Waals surface area contributed by atoms with Gasteiger partial charge in [-0.2, -0.15) is 0 Å². The van der Waals surface area contributed by atoms with E-state index in [-0.39, 0.29) is 10.8 Å². The monoisotopic (exact) mass is 334 g/mol. The lowest BCUT2D eigenvalue weighted by molar-refractivity contribution is 0.390. The van der Waals surface area contributed by atoms with Crippen LogP contribution in [0.1, 0.15) is 35.1 Å². The van der Waals surface area contributed by atoms with E-state index in [4.69, 9.17) is 4.52 Å². The minimum absolute atomic E-state index is 0.193. The van der Waals surface area contributed by atoms with Gasteiger partial charge in [-0.25, -0.2) is 8.42 Å². The van der Waals surface area contributed by atoms with E-state index in [1.807, 2.05) is 19.9 Å². The Hall–Kier alpha value is -1.82. The maximum Gasteiger partial charge on any atom is 0.269 e. The summed E-state index contributed by atoms with van der Waals surface area (Å²) in [7, 11) is -3.69. The van der Waals surface area contributed by atoms with Crippen molar-refractivity contribution < 1.29 is 12.9 Å². The number of hydrogen-bond donors (Lipinski definition) is 0. The van der Waals surface area contributed by atoms with Gasteiger partial charge in [-0.05, 0) is 56.7 Å². The molecule has 2 aromatic rings. The van der Waals surface area contributed by atoms with Crippen molar-refractivity contribution in [2.24, 2.45) is 5.92 Å². The zero-order valence-electron chi connectivity index (χ0n) is 14.2. The molecule has 2 heterocycles. The van der Waals surface area contributed by atoms with E-state index >= 15 is 0 Å². The Bertz CT molecular complexity index is 849. The van der Waals surface area contributed by atoms with E-state index in [1.165, 1.54) is 0 Å². The molecule has 124 valence electrons. The van der Waals surface area contributed by atoms with Crippen LogP contribution in [0.3, 0.4) is 0 Å². The van der Waals surface area contributed by atoms with Gasteiger partial charge in [0.25, 0.3) is 10.0 Å². The van der Waals surface area contributed by atoms with Gasteiger partial charge < -0.3 is 4.52 Å². The SMILES string of the molecule is Cc1ccc(C)c2c1CC(C)CN2S(=O)(=O)c1c(C)noc1C. The molecule has 6 heteroatoms. The summed E-state index contributed by atoms with van der Waals surface area (Å²) in [5.74, 6) is 0.603. The van der Waals surface area contributed by atoms with E-state index < -0.39 is 10.0 Å². The number of sulfonamides is 1. The first-order valence-electron chi connectivity index (χ1n) is 7.78. The minimum atomic E-state index is -3.69. The summed E-state index contributed by atoms with van der Waals surface area (Å²) < 4.78 is 33.2. The average molecular weight is 334 g/mol. The summed E-state index contributed by atoms with van der Waals surface area (Å²) in [6.45, 7) is 9.87. The molecule has 0 fully saturated rings. The Morgan fingerprint density at radius 1 is 1.17 bits per heavy atom. The first-order chi connectivity index (χ1) is 10.7. The van der Waals surface area contributed by atoms with Crippen LogP contribution in [-0.2, 0) is 16.4 Å². The van der Waals surface area contributed by atoms with Gasteiger partial charge in [-0.3, -0.25) is 4.31 Å². The highest BCUT2D eigenvalue weighted by molar-refractivity contribution is 7.93. The summed E-state index contributed by atoms with van der Waals surface area (Å²) in [5, 5.41) is 3.81. The van der Waals surface area contributed by atoms with Crippen LogP contribution in [0.15, 0.2) is 21.6 Å². The first-order valence-corrected chi connectivity index (χ1v) is 9.22. The molecule has 0 saturated heterocycles. The van der Waals surface area contributed by atoms with Crippen LogP contribution >= 0.6 is 0 Å². The fourth-order valence-electron chi connectivity index (χ4n) is 3.42. The van der Waals surface area contributed by atoms with Crippen molar-refractivity contribution in [3.8, 4) is 0 Å². The zero-order valence-corrected chi connectivity index (χ0v) is 15.0. The minimum Gasteiger partial charge on any atom is -0.360 e. The van der Waals surface area contributed by atoms with Gasteiger partial charge in [0.2, 0.25) is 0 Å². The third-order valence-corrected chi connectivity index (χ3v) is 6.52. The van der Waals surface area contributed by atoms with Crippen LogP contribution in [0.5, 0.6) is 0 Å². The molecular formula is C17H22N2O3S. The number of aromatic nitrogens is 1. The van der Waals surface area contributed by atoms with Crippen LogP contribution in [-0.4, -0.2) is 20.1 Å². The van der Waals surface area contributed by atoms with Gasteiger partial charge in [-0.15, -0.1) is 0 Å². The van der Waals surface area contributed by atoms with Crippen LogP contribution in [0.2, 0.25) is 0 Å². The highest BCUT2D eigenvalue weighted by Gasteiger charge is 2.36. The topological polar surface area (TPSA) is 63.4 Å². The number of fused-ring (bicyclic) bond motifs is 1. The van der Waals surface area contributed by atoms with Crippen LogP contribution in [0, 0.1) is 33.6 Å². The maximum absolute atomic E-state index is 13.3. The Morgan fingerprint density at radius 2 is 1.83 bits per heavy atom. The van der Waals surface area contributed by atoms with E-state index in [9.17, 15) is 8.42 Å². The Labute approximate surface area is 137 Å². The van der Waals surface area contributed by atoms with Crippen molar-refractivity contribution in [3.05, 3.63) is 40.3 Å². The molecule has 1 aliphatic rings. The Morgan fingerprint density at radius 3 is 2.43 bits per heavy atom. The summed E-state index contributed by atoms with van der Waals surface area (Å²) in [6.07, 6.45) is 0.899.